The minimum Gasteiger partial charge on any atom is -0.383 e. The molecule has 6 nitrogen and oxygen atoms in total. The Hall–Kier alpha value is -2.89. The van der Waals surface area contributed by atoms with Crippen LogP contribution in [0, 0.1) is 5.92 Å². The number of H-pyrrole nitrogens is 1. The normalized spacial score (nSPS) is 20.7. The number of benzene rings is 1. The van der Waals surface area contributed by atoms with Crippen LogP contribution in [0.5, 0.6) is 0 Å². The number of nitrogen functional groups attached to an aromatic ring is 1. The molecule has 3 N–H and O–H groups in total. The minimum absolute atomic E-state index is 0.472. The van der Waals surface area contributed by atoms with E-state index in [1.165, 1.54) is 19.3 Å². The predicted molar refractivity (Wildman–Crippen MR) is 99.1 cm³/mol. The number of anilines is 1. The zero-order valence-corrected chi connectivity index (χ0v) is 14.1. The Morgan fingerprint density at radius 2 is 2.12 bits per heavy atom. The smallest absolute Gasteiger partial charge is 0.135 e. The van der Waals surface area contributed by atoms with Gasteiger partial charge in [0.2, 0.25) is 0 Å². The van der Waals surface area contributed by atoms with Crippen LogP contribution in [-0.4, -0.2) is 25.0 Å². The fraction of sp³-hybridized carbons (Fsp3) is 0.316. The van der Waals surface area contributed by atoms with E-state index in [-0.39, 0.29) is 0 Å². The van der Waals surface area contributed by atoms with Crippen molar-refractivity contribution in [1.29, 1.82) is 0 Å². The second kappa shape index (κ2) is 5.31. The molecule has 3 aromatic heterocycles. The number of nitrogens with zero attached hydrogens (tertiary/aromatic N) is 4. The first-order valence-electron chi connectivity index (χ1n) is 8.77. The van der Waals surface area contributed by atoms with Crippen LogP contribution in [0.15, 0.2) is 36.7 Å². The van der Waals surface area contributed by atoms with Crippen molar-refractivity contribution in [3.63, 3.8) is 0 Å². The lowest BCUT2D eigenvalue weighted by Crippen LogP contribution is -2.05. The van der Waals surface area contributed by atoms with Gasteiger partial charge >= 0.3 is 0 Å². The molecule has 0 radical (unpaired) electrons. The molecule has 1 aliphatic carbocycles. The second-order valence-electron chi connectivity index (χ2n) is 7.13. The first-order chi connectivity index (χ1) is 12.2. The third-order valence-corrected chi connectivity index (χ3v) is 5.34. The summed E-state index contributed by atoms with van der Waals surface area (Å²) in [6, 6.07) is 8.58. The zero-order chi connectivity index (χ0) is 17.0. The summed E-state index contributed by atoms with van der Waals surface area (Å²) in [5.74, 6) is 1.31. The summed E-state index contributed by atoms with van der Waals surface area (Å²) in [6.07, 6.45) is 7.52. The van der Waals surface area contributed by atoms with Gasteiger partial charge in [-0.05, 0) is 43.4 Å². The van der Waals surface area contributed by atoms with Gasteiger partial charge in [-0.25, -0.2) is 4.98 Å². The van der Waals surface area contributed by atoms with Crippen molar-refractivity contribution in [1.82, 2.24) is 25.0 Å². The van der Waals surface area contributed by atoms with Gasteiger partial charge in [-0.15, -0.1) is 0 Å². The molecule has 25 heavy (non-hydrogen) atoms. The zero-order valence-electron chi connectivity index (χ0n) is 14.1. The molecule has 0 amide bonds. The van der Waals surface area contributed by atoms with E-state index in [4.69, 9.17) is 10.8 Å². The number of rotatable bonds is 2. The van der Waals surface area contributed by atoms with Gasteiger partial charge in [-0.3, -0.25) is 9.78 Å². The highest BCUT2D eigenvalue weighted by atomic mass is 15.3. The molecule has 0 spiro atoms. The Bertz CT molecular complexity index is 1060. The largest absolute Gasteiger partial charge is 0.383 e. The van der Waals surface area contributed by atoms with Crippen molar-refractivity contribution in [2.24, 2.45) is 5.92 Å². The van der Waals surface area contributed by atoms with Gasteiger partial charge in [0.1, 0.15) is 11.3 Å². The van der Waals surface area contributed by atoms with Crippen molar-refractivity contribution >= 4 is 27.6 Å². The third kappa shape index (κ3) is 2.28. The van der Waals surface area contributed by atoms with E-state index in [1.807, 2.05) is 18.3 Å². The average molecular weight is 332 g/mol. The molecule has 3 heterocycles. The summed E-state index contributed by atoms with van der Waals surface area (Å²) in [6.45, 7) is 2.31. The van der Waals surface area contributed by atoms with E-state index in [0.717, 1.165) is 39.0 Å². The summed E-state index contributed by atoms with van der Waals surface area (Å²) >= 11 is 0. The van der Waals surface area contributed by atoms with Crippen LogP contribution < -0.4 is 5.73 Å². The van der Waals surface area contributed by atoms with Crippen LogP contribution in [0.25, 0.3) is 33.1 Å². The fourth-order valence-corrected chi connectivity index (χ4v) is 3.98. The van der Waals surface area contributed by atoms with Gasteiger partial charge in [-0.2, -0.15) is 10.2 Å². The summed E-state index contributed by atoms with van der Waals surface area (Å²) in [4.78, 5) is 4.62. The first-order valence-corrected chi connectivity index (χ1v) is 8.77. The number of hydrogen-bond donors (Lipinski definition) is 2. The number of hydrogen-bond acceptors (Lipinski definition) is 4. The Kier molecular flexibility index (Phi) is 3.07. The quantitative estimate of drug-likeness (QED) is 0.582. The Balaban J connectivity index is 1.67. The Morgan fingerprint density at radius 1 is 1.20 bits per heavy atom. The molecule has 126 valence electrons. The van der Waals surface area contributed by atoms with Gasteiger partial charge in [-0.1, -0.05) is 13.0 Å². The molecular weight excluding hydrogens is 312 g/mol. The van der Waals surface area contributed by atoms with E-state index in [2.05, 4.69) is 45.1 Å². The van der Waals surface area contributed by atoms with E-state index in [9.17, 15) is 0 Å². The lowest BCUT2D eigenvalue weighted by atomic mass is 10.1. The molecule has 4 aromatic rings. The monoisotopic (exact) mass is 332 g/mol. The molecule has 0 aliphatic heterocycles. The number of aromatic nitrogens is 5. The molecular formula is C19H20N6. The molecule has 5 rings (SSSR count). The lowest BCUT2D eigenvalue weighted by Gasteiger charge is -2.09. The van der Waals surface area contributed by atoms with Crippen molar-refractivity contribution in [3.05, 3.63) is 36.7 Å². The molecule has 0 bridgehead atoms. The number of fused-ring (bicyclic) bond motifs is 3. The molecule has 1 aliphatic rings. The molecule has 2 atom stereocenters. The molecule has 1 fully saturated rings. The second-order valence-corrected chi connectivity index (χ2v) is 7.13. The Labute approximate surface area is 145 Å². The molecule has 2 unspecified atom stereocenters. The van der Waals surface area contributed by atoms with Crippen LogP contribution in [-0.2, 0) is 0 Å². The average Bonchev–Trinajstić information content (AvgIpc) is 3.34. The first kappa shape index (κ1) is 14.5. The maximum atomic E-state index is 6.24. The SMILES string of the molecule is CC1CCC(n2cc3c(N)nc4cc(-c5cc[nH]n5)ccc4c3n2)C1. The van der Waals surface area contributed by atoms with Crippen LogP contribution >= 0.6 is 0 Å². The number of pyridine rings is 1. The topological polar surface area (TPSA) is 85.4 Å². The Morgan fingerprint density at radius 3 is 2.88 bits per heavy atom. The van der Waals surface area contributed by atoms with Crippen LogP contribution in [0.1, 0.15) is 32.2 Å². The molecule has 1 saturated carbocycles. The summed E-state index contributed by atoms with van der Waals surface area (Å²) in [5, 5.41) is 13.9. The van der Waals surface area contributed by atoms with Crippen molar-refractivity contribution in [2.75, 3.05) is 5.73 Å². The molecule has 6 heteroatoms. The van der Waals surface area contributed by atoms with E-state index < -0.39 is 0 Å². The van der Waals surface area contributed by atoms with Crippen LogP contribution in [0.3, 0.4) is 0 Å². The number of nitrogens with two attached hydrogens (primary N) is 1. The predicted octanol–water partition coefficient (Wildman–Crippen LogP) is 3.92. The van der Waals surface area contributed by atoms with Crippen LogP contribution in [0.2, 0.25) is 0 Å². The maximum Gasteiger partial charge on any atom is 0.135 e. The van der Waals surface area contributed by atoms with Gasteiger partial charge < -0.3 is 5.73 Å². The van der Waals surface area contributed by atoms with Gasteiger partial charge in [0, 0.05) is 23.3 Å². The summed E-state index contributed by atoms with van der Waals surface area (Å²) in [5.41, 5.74) is 9.96. The standard InChI is InChI=1S/C19H20N6/c1-11-2-4-13(8-11)25-10-15-18(24-25)14-5-3-12(16-6-7-21-23-16)9-17(14)22-19(15)20/h3,5-7,9-11,13H,2,4,8H2,1H3,(H2,20,22)(H,21,23). The van der Waals surface area contributed by atoms with Crippen molar-refractivity contribution in [2.45, 2.75) is 32.2 Å². The summed E-state index contributed by atoms with van der Waals surface area (Å²) < 4.78 is 2.10. The fourth-order valence-electron chi connectivity index (χ4n) is 3.98. The lowest BCUT2D eigenvalue weighted by molar-refractivity contribution is 0.453. The molecule has 1 aromatic carbocycles. The molecule has 0 saturated heterocycles. The van der Waals surface area contributed by atoms with Crippen LogP contribution in [0.4, 0.5) is 5.82 Å². The van der Waals surface area contributed by atoms with Gasteiger partial charge in [0.05, 0.1) is 22.6 Å². The van der Waals surface area contributed by atoms with E-state index in [0.29, 0.717) is 11.9 Å². The minimum atomic E-state index is 0.472. The van der Waals surface area contributed by atoms with Crippen molar-refractivity contribution < 1.29 is 0 Å². The van der Waals surface area contributed by atoms with E-state index in [1.54, 1.807) is 0 Å². The summed E-state index contributed by atoms with van der Waals surface area (Å²) in [7, 11) is 0. The van der Waals surface area contributed by atoms with E-state index >= 15 is 0 Å². The van der Waals surface area contributed by atoms with Gasteiger partial charge in [0.25, 0.3) is 0 Å². The third-order valence-electron chi connectivity index (χ3n) is 5.34. The highest BCUT2D eigenvalue weighted by Crippen LogP contribution is 2.36. The number of nitrogens with one attached hydrogen (secondary N) is 1. The highest BCUT2D eigenvalue weighted by Gasteiger charge is 2.24. The highest BCUT2D eigenvalue weighted by molar-refractivity contribution is 6.08. The maximum absolute atomic E-state index is 6.24. The van der Waals surface area contributed by atoms with Crippen molar-refractivity contribution in [3.8, 4) is 11.3 Å². The van der Waals surface area contributed by atoms with Gasteiger partial charge in [0.15, 0.2) is 0 Å². The number of aromatic amines is 1.